The third kappa shape index (κ3) is 3.90. The van der Waals surface area contributed by atoms with Crippen molar-refractivity contribution in [2.45, 2.75) is 38.6 Å². The number of carbonyl (C=O) groups excluding carboxylic acids is 2. The number of benzene rings is 1. The van der Waals surface area contributed by atoms with E-state index in [-0.39, 0.29) is 36.2 Å². The molecule has 132 valence electrons. The Morgan fingerprint density at radius 2 is 1.88 bits per heavy atom. The Balaban J connectivity index is 0.00000208. The van der Waals surface area contributed by atoms with Crippen LogP contribution < -0.4 is 10.6 Å². The van der Waals surface area contributed by atoms with Crippen LogP contribution >= 0.6 is 12.4 Å². The molecule has 0 radical (unpaired) electrons. The van der Waals surface area contributed by atoms with Crippen molar-refractivity contribution in [3.63, 3.8) is 0 Å². The van der Waals surface area contributed by atoms with Gasteiger partial charge in [-0.25, -0.2) is 0 Å². The van der Waals surface area contributed by atoms with Crippen LogP contribution in [0.1, 0.15) is 31.7 Å². The summed E-state index contributed by atoms with van der Waals surface area (Å²) in [4.78, 5) is 28.7. The summed E-state index contributed by atoms with van der Waals surface area (Å²) in [5.41, 5.74) is 8.01. The standard InChI is InChI=1S/C18H25N3O2.ClH/c1-13(19)12-17(22)20-9-6-15(7-10-20)18(23)21-11-8-14-4-2-3-5-16(14)21;/h2-5,13,15H,6-12,19H2,1H3;1H. The number of nitrogens with two attached hydrogens (primary N) is 1. The Morgan fingerprint density at radius 1 is 1.21 bits per heavy atom. The molecule has 24 heavy (non-hydrogen) atoms. The Morgan fingerprint density at radius 3 is 2.54 bits per heavy atom. The van der Waals surface area contributed by atoms with Gasteiger partial charge in [0.25, 0.3) is 0 Å². The van der Waals surface area contributed by atoms with Gasteiger partial charge in [-0.3, -0.25) is 9.59 Å². The van der Waals surface area contributed by atoms with E-state index < -0.39 is 0 Å². The number of piperidine rings is 1. The summed E-state index contributed by atoms with van der Waals surface area (Å²) in [6.07, 6.45) is 2.83. The molecule has 1 aromatic carbocycles. The number of rotatable bonds is 3. The van der Waals surface area contributed by atoms with Crippen LogP contribution in [0, 0.1) is 5.92 Å². The van der Waals surface area contributed by atoms with Crippen LogP contribution in [-0.4, -0.2) is 42.4 Å². The number of amides is 2. The van der Waals surface area contributed by atoms with Crippen LogP contribution in [0.2, 0.25) is 0 Å². The number of carbonyl (C=O) groups is 2. The number of hydrogen-bond donors (Lipinski definition) is 1. The molecule has 2 aliphatic rings. The third-order valence-electron chi connectivity index (χ3n) is 4.85. The summed E-state index contributed by atoms with van der Waals surface area (Å²) < 4.78 is 0. The van der Waals surface area contributed by atoms with Gasteiger partial charge in [0.1, 0.15) is 0 Å². The molecule has 1 aromatic rings. The Bertz CT molecular complexity index is 598. The smallest absolute Gasteiger partial charge is 0.230 e. The van der Waals surface area contributed by atoms with Gasteiger partial charge >= 0.3 is 0 Å². The lowest BCUT2D eigenvalue weighted by atomic mass is 9.94. The number of anilines is 1. The Labute approximate surface area is 149 Å². The minimum absolute atomic E-state index is 0. The van der Waals surface area contributed by atoms with Crippen LogP contribution in [0.5, 0.6) is 0 Å². The zero-order valence-electron chi connectivity index (χ0n) is 14.1. The van der Waals surface area contributed by atoms with E-state index >= 15 is 0 Å². The van der Waals surface area contributed by atoms with Crippen molar-refractivity contribution in [1.29, 1.82) is 0 Å². The van der Waals surface area contributed by atoms with E-state index in [1.54, 1.807) is 0 Å². The molecule has 6 heteroatoms. The highest BCUT2D eigenvalue weighted by atomic mass is 35.5. The van der Waals surface area contributed by atoms with E-state index in [0.29, 0.717) is 19.5 Å². The van der Waals surface area contributed by atoms with Crippen molar-refractivity contribution in [2.75, 3.05) is 24.5 Å². The van der Waals surface area contributed by atoms with Crippen LogP contribution in [0.4, 0.5) is 5.69 Å². The first kappa shape index (κ1) is 18.7. The van der Waals surface area contributed by atoms with E-state index in [1.807, 2.05) is 34.9 Å². The molecule has 2 N–H and O–H groups in total. The minimum atomic E-state index is -0.108. The first-order chi connectivity index (χ1) is 11.1. The molecule has 1 fully saturated rings. The summed E-state index contributed by atoms with van der Waals surface area (Å²) in [5.74, 6) is 0.354. The van der Waals surface area contributed by atoms with Crippen molar-refractivity contribution in [3.8, 4) is 0 Å². The van der Waals surface area contributed by atoms with Gasteiger partial charge in [-0.2, -0.15) is 0 Å². The number of likely N-dealkylation sites (tertiary alicyclic amines) is 1. The third-order valence-corrected chi connectivity index (χ3v) is 4.85. The van der Waals surface area contributed by atoms with Gasteiger partial charge in [-0.05, 0) is 37.8 Å². The normalized spacial score (nSPS) is 18.8. The summed E-state index contributed by atoms with van der Waals surface area (Å²) >= 11 is 0. The highest BCUT2D eigenvalue weighted by molar-refractivity contribution is 5.97. The molecular weight excluding hydrogens is 326 g/mol. The highest BCUT2D eigenvalue weighted by Crippen LogP contribution is 2.31. The molecule has 3 rings (SSSR count). The molecule has 1 atom stereocenters. The predicted octanol–water partition coefficient (Wildman–Crippen LogP) is 1.97. The van der Waals surface area contributed by atoms with Crippen molar-refractivity contribution >= 4 is 29.9 Å². The van der Waals surface area contributed by atoms with Gasteiger partial charge < -0.3 is 15.5 Å². The van der Waals surface area contributed by atoms with Gasteiger partial charge in [0, 0.05) is 43.7 Å². The number of halogens is 1. The molecule has 0 aliphatic carbocycles. The molecule has 0 saturated carbocycles. The molecular formula is C18H26ClN3O2. The second-order valence-corrected chi connectivity index (χ2v) is 6.71. The molecule has 2 heterocycles. The van der Waals surface area contributed by atoms with Gasteiger partial charge in [-0.15, -0.1) is 12.4 Å². The van der Waals surface area contributed by atoms with E-state index in [9.17, 15) is 9.59 Å². The zero-order valence-corrected chi connectivity index (χ0v) is 14.9. The van der Waals surface area contributed by atoms with Crippen LogP contribution in [-0.2, 0) is 16.0 Å². The topological polar surface area (TPSA) is 66.6 Å². The predicted molar refractivity (Wildman–Crippen MR) is 97.3 cm³/mol. The minimum Gasteiger partial charge on any atom is -0.343 e. The van der Waals surface area contributed by atoms with E-state index in [1.165, 1.54) is 5.56 Å². The fourth-order valence-electron chi connectivity index (χ4n) is 3.57. The number of hydrogen-bond acceptors (Lipinski definition) is 3. The average molecular weight is 352 g/mol. The average Bonchev–Trinajstić information content (AvgIpc) is 2.97. The van der Waals surface area contributed by atoms with E-state index in [0.717, 1.165) is 31.5 Å². The first-order valence-electron chi connectivity index (χ1n) is 8.49. The van der Waals surface area contributed by atoms with Gasteiger partial charge in [0.2, 0.25) is 11.8 Å². The molecule has 2 aliphatic heterocycles. The Kier molecular flexibility index (Phi) is 6.24. The van der Waals surface area contributed by atoms with Crippen molar-refractivity contribution in [3.05, 3.63) is 29.8 Å². The molecule has 2 amide bonds. The second kappa shape index (κ2) is 7.99. The number of fused-ring (bicyclic) bond motifs is 1. The SMILES string of the molecule is CC(N)CC(=O)N1CCC(C(=O)N2CCc3ccccc32)CC1.Cl. The molecule has 0 spiro atoms. The molecule has 0 bridgehead atoms. The maximum absolute atomic E-state index is 12.8. The van der Waals surface area contributed by atoms with Crippen molar-refractivity contribution in [2.24, 2.45) is 11.7 Å². The highest BCUT2D eigenvalue weighted by Gasteiger charge is 2.33. The van der Waals surface area contributed by atoms with Crippen molar-refractivity contribution < 1.29 is 9.59 Å². The van der Waals surface area contributed by atoms with E-state index in [4.69, 9.17) is 5.73 Å². The zero-order chi connectivity index (χ0) is 16.4. The largest absolute Gasteiger partial charge is 0.343 e. The van der Waals surface area contributed by atoms with Gasteiger partial charge in [-0.1, -0.05) is 18.2 Å². The fourth-order valence-corrected chi connectivity index (χ4v) is 3.57. The van der Waals surface area contributed by atoms with Crippen molar-refractivity contribution in [1.82, 2.24) is 4.90 Å². The van der Waals surface area contributed by atoms with Gasteiger partial charge in [0.05, 0.1) is 0 Å². The van der Waals surface area contributed by atoms with E-state index in [2.05, 4.69) is 6.07 Å². The summed E-state index contributed by atoms with van der Waals surface area (Å²) in [7, 11) is 0. The van der Waals surface area contributed by atoms with Crippen LogP contribution in [0.15, 0.2) is 24.3 Å². The number of nitrogens with zero attached hydrogens (tertiary/aromatic N) is 2. The molecule has 1 saturated heterocycles. The molecule has 1 unspecified atom stereocenters. The lowest BCUT2D eigenvalue weighted by Crippen LogP contribution is -2.45. The lowest BCUT2D eigenvalue weighted by molar-refractivity contribution is -0.135. The monoisotopic (exact) mass is 351 g/mol. The summed E-state index contributed by atoms with van der Waals surface area (Å²) in [5, 5.41) is 0. The summed E-state index contributed by atoms with van der Waals surface area (Å²) in [6.45, 7) is 3.95. The molecule has 5 nitrogen and oxygen atoms in total. The van der Waals surface area contributed by atoms with Crippen LogP contribution in [0.3, 0.4) is 0 Å². The van der Waals surface area contributed by atoms with Gasteiger partial charge in [0.15, 0.2) is 0 Å². The first-order valence-corrected chi connectivity index (χ1v) is 8.49. The molecule has 0 aromatic heterocycles. The maximum Gasteiger partial charge on any atom is 0.230 e. The quantitative estimate of drug-likeness (QED) is 0.905. The van der Waals surface area contributed by atoms with Crippen LogP contribution in [0.25, 0.3) is 0 Å². The Hall–Kier alpha value is -1.59. The second-order valence-electron chi connectivity index (χ2n) is 6.71. The fraction of sp³-hybridized carbons (Fsp3) is 0.556. The summed E-state index contributed by atoms with van der Waals surface area (Å²) in [6, 6.07) is 8.02. The lowest BCUT2D eigenvalue weighted by Gasteiger charge is -2.33. The maximum atomic E-state index is 12.8. The number of para-hydroxylation sites is 1.